The average Bonchev–Trinajstić information content (AvgIpc) is 3.29. The van der Waals surface area contributed by atoms with Crippen LogP contribution in [0.3, 0.4) is 0 Å². The van der Waals surface area contributed by atoms with E-state index in [0.29, 0.717) is 53.6 Å². The van der Waals surface area contributed by atoms with Crippen molar-refractivity contribution in [2.75, 3.05) is 36.1 Å². The highest BCUT2D eigenvalue weighted by molar-refractivity contribution is 6.07. The summed E-state index contributed by atoms with van der Waals surface area (Å²) in [5.41, 5.74) is 7.16. The van der Waals surface area contributed by atoms with Crippen LogP contribution in [0.4, 0.5) is 35.3 Å². The maximum atomic E-state index is 13.1. The van der Waals surface area contributed by atoms with Crippen LogP contribution in [-0.4, -0.2) is 51.3 Å². The van der Waals surface area contributed by atoms with E-state index in [1.54, 1.807) is 30.5 Å². The van der Waals surface area contributed by atoms with E-state index in [-0.39, 0.29) is 17.5 Å². The minimum absolute atomic E-state index is 0.166. The van der Waals surface area contributed by atoms with E-state index >= 15 is 0 Å². The van der Waals surface area contributed by atoms with Crippen LogP contribution in [0.15, 0.2) is 55.0 Å². The maximum absolute atomic E-state index is 13.1. The fourth-order valence-electron chi connectivity index (χ4n) is 3.81. The molecule has 0 radical (unpaired) electrons. The molecule has 14 heteroatoms. The first kappa shape index (κ1) is 28.3. The number of hydrogen-bond donors (Lipinski definition) is 4. The van der Waals surface area contributed by atoms with Gasteiger partial charge in [0.1, 0.15) is 23.4 Å². The first-order valence-electron chi connectivity index (χ1n) is 12.2. The van der Waals surface area contributed by atoms with Crippen LogP contribution in [0, 0.1) is 5.92 Å². The van der Waals surface area contributed by atoms with Crippen molar-refractivity contribution in [1.29, 1.82) is 0 Å². The Hall–Kier alpha value is -4.72. The number of carbonyl (C=O) groups excluding carboxylic acids is 2. The highest BCUT2D eigenvalue weighted by atomic mass is 19.4. The predicted octanol–water partition coefficient (Wildman–Crippen LogP) is 4.44. The van der Waals surface area contributed by atoms with Gasteiger partial charge in [-0.25, -0.2) is 19.3 Å². The topological polar surface area (TPSA) is 149 Å². The summed E-state index contributed by atoms with van der Waals surface area (Å²) < 4.78 is 45.6. The fourth-order valence-corrected chi connectivity index (χ4v) is 3.81. The molecule has 4 rings (SSSR count). The number of aromatic nitrogens is 4. The second kappa shape index (κ2) is 12.0. The summed E-state index contributed by atoms with van der Waals surface area (Å²) >= 11 is 0. The summed E-state index contributed by atoms with van der Waals surface area (Å²) in [6.07, 6.45) is -1.81. The van der Waals surface area contributed by atoms with Gasteiger partial charge in [-0.2, -0.15) is 18.3 Å². The molecule has 0 atom stereocenters. The van der Waals surface area contributed by atoms with Gasteiger partial charge in [-0.05, 0) is 35.7 Å². The maximum Gasteiger partial charge on any atom is 0.433 e. The molecule has 0 aliphatic carbocycles. The van der Waals surface area contributed by atoms with Crippen molar-refractivity contribution in [2.45, 2.75) is 20.0 Å². The van der Waals surface area contributed by atoms with Crippen molar-refractivity contribution in [3.05, 3.63) is 66.2 Å². The Morgan fingerprint density at radius 1 is 1.10 bits per heavy atom. The Kier molecular flexibility index (Phi) is 8.48. The number of amides is 3. The molecule has 3 amide bonds. The number of benzene rings is 1. The SMILES string of the molecule is CC(C)COCCNC(=O)c1cn2ncnc(N)c2c1-c1ccc(NC(=O)Nc2cccc(C(F)(F)F)n2)cc1. The highest BCUT2D eigenvalue weighted by Gasteiger charge is 2.32. The van der Waals surface area contributed by atoms with Gasteiger partial charge >= 0.3 is 12.2 Å². The van der Waals surface area contributed by atoms with Gasteiger partial charge in [-0.1, -0.05) is 32.0 Å². The molecular weight excluding hydrogens is 529 g/mol. The Morgan fingerprint density at radius 3 is 2.55 bits per heavy atom. The normalized spacial score (nSPS) is 11.6. The number of nitrogens with one attached hydrogen (secondary N) is 3. The molecule has 0 fully saturated rings. The van der Waals surface area contributed by atoms with Crippen LogP contribution < -0.4 is 21.7 Å². The summed E-state index contributed by atoms with van der Waals surface area (Å²) in [5.74, 6) is -0.0749. The second-order valence-corrected chi connectivity index (χ2v) is 9.14. The quantitative estimate of drug-likeness (QED) is 0.223. The smallest absolute Gasteiger partial charge is 0.382 e. The summed E-state index contributed by atoms with van der Waals surface area (Å²) in [4.78, 5) is 32.9. The molecule has 0 bridgehead atoms. The minimum Gasteiger partial charge on any atom is -0.382 e. The average molecular weight is 557 g/mol. The van der Waals surface area contributed by atoms with E-state index < -0.39 is 17.9 Å². The summed E-state index contributed by atoms with van der Waals surface area (Å²) in [6, 6.07) is 8.85. The lowest BCUT2D eigenvalue weighted by Crippen LogP contribution is -2.27. The van der Waals surface area contributed by atoms with E-state index in [9.17, 15) is 22.8 Å². The van der Waals surface area contributed by atoms with Gasteiger partial charge in [0.25, 0.3) is 5.91 Å². The molecule has 3 heterocycles. The zero-order valence-electron chi connectivity index (χ0n) is 21.6. The zero-order valence-corrected chi connectivity index (χ0v) is 21.6. The zero-order chi connectivity index (χ0) is 28.9. The second-order valence-electron chi connectivity index (χ2n) is 9.14. The predicted molar refractivity (Wildman–Crippen MR) is 143 cm³/mol. The van der Waals surface area contributed by atoms with Crippen LogP contribution >= 0.6 is 0 Å². The van der Waals surface area contributed by atoms with Crippen molar-refractivity contribution in [3.63, 3.8) is 0 Å². The molecule has 4 aromatic rings. The Morgan fingerprint density at radius 2 is 1.85 bits per heavy atom. The van der Waals surface area contributed by atoms with Gasteiger partial charge in [-0.15, -0.1) is 0 Å². The third-order valence-electron chi connectivity index (χ3n) is 5.54. The van der Waals surface area contributed by atoms with E-state index in [1.807, 2.05) is 13.8 Å². The molecule has 0 saturated heterocycles. The van der Waals surface area contributed by atoms with Crippen molar-refractivity contribution in [3.8, 4) is 11.1 Å². The van der Waals surface area contributed by atoms with Gasteiger partial charge in [0.2, 0.25) is 0 Å². The van der Waals surface area contributed by atoms with Crippen LogP contribution in [0.25, 0.3) is 16.6 Å². The number of rotatable bonds is 9. The summed E-state index contributed by atoms with van der Waals surface area (Å²) in [7, 11) is 0. The number of hydrogen-bond acceptors (Lipinski definition) is 7. The largest absolute Gasteiger partial charge is 0.433 e. The molecule has 0 saturated carbocycles. The Balaban J connectivity index is 1.51. The fraction of sp³-hybridized carbons (Fsp3) is 0.269. The number of urea groups is 1. The van der Waals surface area contributed by atoms with Gasteiger partial charge in [0, 0.05) is 30.6 Å². The Labute approximate surface area is 226 Å². The molecule has 3 aromatic heterocycles. The number of pyridine rings is 1. The van der Waals surface area contributed by atoms with Crippen molar-refractivity contribution < 1.29 is 27.5 Å². The monoisotopic (exact) mass is 556 g/mol. The van der Waals surface area contributed by atoms with Crippen LogP contribution in [0.2, 0.25) is 0 Å². The van der Waals surface area contributed by atoms with E-state index in [1.165, 1.54) is 16.9 Å². The van der Waals surface area contributed by atoms with Gasteiger partial charge in [-0.3, -0.25) is 10.1 Å². The van der Waals surface area contributed by atoms with Crippen molar-refractivity contribution in [2.24, 2.45) is 5.92 Å². The number of ether oxygens (including phenoxy) is 1. The third kappa shape index (κ3) is 6.83. The lowest BCUT2D eigenvalue weighted by Gasteiger charge is -2.11. The van der Waals surface area contributed by atoms with E-state index in [2.05, 4.69) is 31.0 Å². The molecule has 11 nitrogen and oxygen atoms in total. The number of alkyl halides is 3. The molecule has 5 N–H and O–H groups in total. The number of nitrogens with two attached hydrogens (primary N) is 1. The number of carbonyl (C=O) groups is 2. The van der Waals surface area contributed by atoms with Gasteiger partial charge in [0.15, 0.2) is 5.82 Å². The molecular formula is C26H27F3N8O3. The standard InChI is InChI=1S/C26H27F3N8O3/c1-15(2)13-40-11-10-31-24(38)18-12-37-22(23(30)32-14-33-37)21(18)16-6-8-17(9-7-16)34-25(39)36-20-5-3-4-19(35-20)26(27,28)29/h3-9,12,14-15H,10-11,13H2,1-2H3,(H,31,38)(H2,30,32,33)(H2,34,35,36,39). The summed E-state index contributed by atoms with van der Waals surface area (Å²) in [5, 5.41) is 11.8. The first-order chi connectivity index (χ1) is 19.0. The van der Waals surface area contributed by atoms with Crippen molar-refractivity contribution >= 4 is 34.8 Å². The molecule has 1 aromatic carbocycles. The van der Waals surface area contributed by atoms with Gasteiger partial charge < -0.3 is 21.1 Å². The number of anilines is 3. The highest BCUT2D eigenvalue weighted by Crippen LogP contribution is 2.33. The number of halogens is 3. The molecule has 40 heavy (non-hydrogen) atoms. The van der Waals surface area contributed by atoms with Gasteiger partial charge in [0.05, 0.1) is 12.2 Å². The third-order valence-corrected chi connectivity index (χ3v) is 5.54. The van der Waals surface area contributed by atoms with Crippen LogP contribution in [0.1, 0.15) is 29.9 Å². The number of fused-ring (bicyclic) bond motifs is 1. The number of nitrogen functional groups attached to an aromatic ring is 1. The molecule has 0 aliphatic rings. The Bertz CT molecular complexity index is 1500. The van der Waals surface area contributed by atoms with Crippen LogP contribution in [-0.2, 0) is 10.9 Å². The van der Waals surface area contributed by atoms with E-state index in [4.69, 9.17) is 10.5 Å². The molecule has 0 aliphatic heterocycles. The summed E-state index contributed by atoms with van der Waals surface area (Å²) in [6.45, 7) is 5.30. The minimum atomic E-state index is -4.64. The molecule has 210 valence electrons. The van der Waals surface area contributed by atoms with Crippen LogP contribution in [0.5, 0.6) is 0 Å². The van der Waals surface area contributed by atoms with Crippen molar-refractivity contribution in [1.82, 2.24) is 24.9 Å². The molecule has 0 unspecified atom stereocenters. The lowest BCUT2D eigenvalue weighted by molar-refractivity contribution is -0.141. The first-order valence-corrected chi connectivity index (χ1v) is 12.2. The number of nitrogens with zero attached hydrogens (tertiary/aromatic N) is 4. The van der Waals surface area contributed by atoms with E-state index in [0.717, 1.165) is 12.1 Å². The molecule has 0 spiro atoms. The lowest BCUT2D eigenvalue weighted by atomic mass is 10.0.